The van der Waals surface area contributed by atoms with Crippen LogP contribution in [0.15, 0.2) is 53.8 Å². The van der Waals surface area contributed by atoms with Crippen molar-refractivity contribution in [2.45, 2.75) is 39.5 Å². The molecule has 0 saturated heterocycles. The highest BCUT2D eigenvalue weighted by Gasteiger charge is 2.30. The number of aliphatic imine (C=N–C) groups is 1. The van der Waals surface area contributed by atoms with Gasteiger partial charge in [-0.2, -0.15) is 0 Å². The second kappa shape index (κ2) is 8.79. The highest BCUT2D eigenvalue weighted by molar-refractivity contribution is 6.83. The molecule has 1 aliphatic rings. The van der Waals surface area contributed by atoms with Crippen LogP contribution in [0.4, 0.5) is 4.39 Å². The van der Waals surface area contributed by atoms with E-state index in [-0.39, 0.29) is 18.1 Å². The van der Waals surface area contributed by atoms with Crippen molar-refractivity contribution in [1.82, 2.24) is 9.55 Å². The van der Waals surface area contributed by atoms with E-state index in [4.69, 9.17) is 9.73 Å². The Kier molecular flexibility index (Phi) is 6.04. The van der Waals surface area contributed by atoms with Gasteiger partial charge in [0.15, 0.2) is 5.69 Å². The van der Waals surface area contributed by atoms with Crippen molar-refractivity contribution in [2.75, 3.05) is 6.61 Å². The maximum Gasteiger partial charge on any atom is 0.358 e. The number of hydrogen-bond acceptors (Lipinski definition) is 4. The topological polar surface area (TPSA) is 56.5 Å². The molecule has 0 amide bonds. The average molecular weight is 460 g/mol. The molecule has 33 heavy (non-hydrogen) atoms. The molecular weight excluding hydrogens is 433 g/mol. The molecule has 0 spiro atoms. The smallest absolute Gasteiger partial charge is 0.358 e. The number of aromatic nitrogens is 2. The van der Waals surface area contributed by atoms with Crippen molar-refractivity contribution in [3.63, 3.8) is 0 Å². The molecule has 1 atom stereocenters. The lowest BCUT2D eigenvalue weighted by molar-refractivity contribution is 0.0518. The zero-order valence-electron chi connectivity index (χ0n) is 19.4. The molecule has 4 rings (SSSR count). The molecule has 0 saturated carbocycles. The molecule has 5 nitrogen and oxygen atoms in total. The first-order valence-corrected chi connectivity index (χ1v) is 14.4. The summed E-state index contributed by atoms with van der Waals surface area (Å²) in [6, 6.07) is 11.9. The molecule has 0 bridgehead atoms. The summed E-state index contributed by atoms with van der Waals surface area (Å²) in [5.41, 5.74) is 7.47. The highest BCUT2D eigenvalue weighted by Crippen LogP contribution is 2.33. The molecule has 1 aliphatic heterocycles. The number of fused-ring (bicyclic) bond motifs is 3. The number of benzene rings is 2. The van der Waals surface area contributed by atoms with Crippen LogP contribution >= 0.6 is 0 Å². The van der Waals surface area contributed by atoms with Crippen LogP contribution in [-0.2, 0) is 4.74 Å². The molecular formula is C26H26FN3O2Si. The minimum Gasteiger partial charge on any atom is -0.461 e. The van der Waals surface area contributed by atoms with Gasteiger partial charge in [-0.15, -0.1) is 5.54 Å². The Labute approximate surface area is 194 Å². The molecule has 0 N–H and O–H groups in total. The molecule has 7 heteroatoms. The molecule has 2 aromatic carbocycles. The van der Waals surface area contributed by atoms with Gasteiger partial charge in [0.1, 0.15) is 20.2 Å². The van der Waals surface area contributed by atoms with Crippen molar-refractivity contribution in [2.24, 2.45) is 4.99 Å². The second-order valence-corrected chi connectivity index (χ2v) is 13.7. The fraction of sp³-hybridized carbons (Fsp3) is 0.269. The van der Waals surface area contributed by atoms with Crippen LogP contribution in [0.5, 0.6) is 0 Å². The first kappa shape index (κ1) is 22.7. The highest BCUT2D eigenvalue weighted by atomic mass is 28.3. The maximum absolute atomic E-state index is 14.9. The Morgan fingerprint density at radius 2 is 1.94 bits per heavy atom. The number of esters is 1. The Morgan fingerprint density at radius 1 is 1.18 bits per heavy atom. The molecule has 0 radical (unpaired) electrons. The molecule has 0 fully saturated rings. The quantitative estimate of drug-likeness (QED) is 0.302. The summed E-state index contributed by atoms with van der Waals surface area (Å²) in [5.74, 6) is 2.42. The first-order valence-electron chi connectivity index (χ1n) is 10.9. The predicted octanol–water partition coefficient (Wildman–Crippen LogP) is 5.33. The van der Waals surface area contributed by atoms with Gasteiger partial charge in [0.2, 0.25) is 0 Å². The van der Waals surface area contributed by atoms with E-state index >= 15 is 0 Å². The third-order valence-electron chi connectivity index (χ3n) is 5.21. The zero-order chi connectivity index (χ0) is 23.8. The van der Waals surface area contributed by atoms with E-state index in [1.54, 1.807) is 31.5 Å². The van der Waals surface area contributed by atoms with Gasteiger partial charge in [-0.1, -0.05) is 37.7 Å². The van der Waals surface area contributed by atoms with Gasteiger partial charge >= 0.3 is 5.97 Å². The van der Waals surface area contributed by atoms with Crippen molar-refractivity contribution >= 4 is 19.8 Å². The molecule has 1 unspecified atom stereocenters. The monoisotopic (exact) mass is 459 g/mol. The number of hydrogen-bond donors (Lipinski definition) is 0. The standard InChI is InChI=1S/C26H26FN3O2Si/c1-6-32-26(31)24-25-17(2)29-23(19-9-7-8-10-21(19)27)20-15-18(13-14-33(3,4)5)11-12-22(20)30(25)16-28-24/h7-12,15-17H,6H2,1-5H3. The Balaban J connectivity index is 1.98. The van der Waals surface area contributed by atoms with Crippen LogP contribution in [-0.4, -0.2) is 35.9 Å². The van der Waals surface area contributed by atoms with E-state index in [9.17, 15) is 9.18 Å². The van der Waals surface area contributed by atoms with E-state index in [2.05, 4.69) is 36.1 Å². The van der Waals surface area contributed by atoms with Gasteiger partial charge in [0, 0.05) is 16.7 Å². The van der Waals surface area contributed by atoms with E-state index < -0.39 is 20.1 Å². The third kappa shape index (κ3) is 4.52. The molecule has 1 aromatic heterocycles. The van der Waals surface area contributed by atoms with Gasteiger partial charge in [0.05, 0.1) is 29.7 Å². The van der Waals surface area contributed by atoms with Gasteiger partial charge < -0.3 is 4.74 Å². The Hall–Kier alpha value is -3.50. The Bertz CT molecular complexity index is 1330. The van der Waals surface area contributed by atoms with Crippen LogP contribution in [0, 0.1) is 17.3 Å². The maximum atomic E-state index is 14.9. The molecule has 3 aromatic rings. The van der Waals surface area contributed by atoms with E-state index in [0.29, 0.717) is 17.0 Å². The van der Waals surface area contributed by atoms with Crippen LogP contribution < -0.4 is 0 Å². The SMILES string of the molecule is CCOC(=O)c1ncn2c1C(C)N=C(c1ccccc1F)c1cc(C#C[Si](C)(C)C)ccc1-2. The first-order chi connectivity index (χ1) is 15.7. The number of rotatable bonds is 3. The van der Waals surface area contributed by atoms with E-state index in [0.717, 1.165) is 16.8 Å². The number of ether oxygens (including phenoxy) is 1. The molecule has 168 valence electrons. The zero-order valence-corrected chi connectivity index (χ0v) is 20.4. The summed E-state index contributed by atoms with van der Waals surface area (Å²) < 4.78 is 22.0. The number of nitrogens with zero attached hydrogens (tertiary/aromatic N) is 3. The molecule has 2 heterocycles. The average Bonchev–Trinajstić information content (AvgIpc) is 3.17. The van der Waals surface area contributed by atoms with Gasteiger partial charge in [-0.25, -0.2) is 14.2 Å². The van der Waals surface area contributed by atoms with Crippen molar-refractivity contribution in [3.05, 3.63) is 82.7 Å². The van der Waals surface area contributed by atoms with E-state index in [1.165, 1.54) is 6.07 Å². The van der Waals surface area contributed by atoms with Crippen molar-refractivity contribution in [3.8, 4) is 17.2 Å². The number of carbonyl (C=O) groups is 1. The van der Waals surface area contributed by atoms with Crippen molar-refractivity contribution < 1.29 is 13.9 Å². The lowest BCUT2D eigenvalue weighted by atomic mass is 9.98. The summed E-state index contributed by atoms with van der Waals surface area (Å²) in [7, 11) is -1.58. The molecule has 0 aliphatic carbocycles. The summed E-state index contributed by atoms with van der Waals surface area (Å²) in [6.07, 6.45) is 1.60. The van der Waals surface area contributed by atoms with Crippen LogP contribution in [0.3, 0.4) is 0 Å². The van der Waals surface area contributed by atoms with Crippen LogP contribution in [0.25, 0.3) is 5.69 Å². The van der Waals surface area contributed by atoms with Crippen LogP contribution in [0.1, 0.15) is 52.8 Å². The predicted molar refractivity (Wildman–Crippen MR) is 130 cm³/mol. The lowest BCUT2D eigenvalue weighted by Crippen LogP contribution is -2.16. The number of imidazole rings is 1. The number of halogens is 1. The van der Waals surface area contributed by atoms with E-state index in [1.807, 2.05) is 29.7 Å². The summed E-state index contributed by atoms with van der Waals surface area (Å²) in [5, 5.41) is 0. The largest absolute Gasteiger partial charge is 0.461 e. The Morgan fingerprint density at radius 3 is 2.64 bits per heavy atom. The van der Waals surface area contributed by atoms with Crippen molar-refractivity contribution in [1.29, 1.82) is 0 Å². The minimum absolute atomic E-state index is 0.219. The third-order valence-corrected chi connectivity index (χ3v) is 6.09. The fourth-order valence-electron chi connectivity index (χ4n) is 3.77. The summed E-state index contributed by atoms with van der Waals surface area (Å²) in [6.45, 7) is 10.4. The minimum atomic E-state index is -1.58. The lowest BCUT2D eigenvalue weighted by Gasteiger charge is -2.13. The van der Waals surface area contributed by atoms with Crippen LogP contribution in [0.2, 0.25) is 19.6 Å². The number of carbonyl (C=O) groups excluding carboxylic acids is 1. The normalized spacial score (nSPS) is 14.8. The summed E-state index contributed by atoms with van der Waals surface area (Å²) >= 11 is 0. The van der Waals surface area contributed by atoms with Gasteiger partial charge in [0.25, 0.3) is 0 Å². The van der Waals surface area contributed by atoms with Gasteiger partial charge in [-0.05, 0) is 44.2 Å². The second-order valence-electron chi connectivity index (χ2n) is 8.93. The van der Waals surface area contributed by atoms with Gasteiger partial charge in [-0.3, -0.25) is 9.56 Å². The fourth-order valence-corrected chi connectivity index (χ4v) is 4.29. The summed E-state index contributed by atoms with van der Waals surface area (Å²) in [4.78, 5) is 21.8.